The molecule has 5 nitrogen and oxygen atoms in total. The van der Waals surface area contributed by atoms with Crippen molar-refractivity contribution in [1.82, 2.24) is 10.3 Å². The van der Waals surface area contributed by atoms with Gasteiger partial charge in [-0.25, -0.2) is 9.98 Å². The third-order valence-corrected chi connectivity index (χ3v) is 6.66. The van der Waals surface area contributed by atoms with E-state index in [4.69, 9.17) is 11.6 Å². The van der Waals surface area contributed by atoms with Gasteiger partial charge in [-0.15, -0.1) is 11.6 Å². The van der Waals surface area contributed by atoms with Crippen molar-refractivity contribution in [3.8, 4) is 0 Å². The van der Waals surface area contributed by atoms with Gasteiger partial charge in [0.25, 0.3) is 0 Å². The first kappa shape index (κ1) is 19.2. The lowest BCUT2D eigenvalue weighted by atomic mass is 10.1. The van der Waals surface area contributed by atoms with Crippen LogP contribution >= 0.6 is 34.7 Å². The van der Waals surface area contributed by atoms with Gasteiger partial charge >= 0.3 is 0 Å². The molecular weight excluding hydrogens is 412 g/mol. The molecule has 1 amide bonds. The van der Waals surface area contributed by atoms with Gasteiger partial charge in [-0.3, -0.25) is 4.79 Å². The number of alkyl halides is 1. The topological polar surface area (TPSA) is 66.4 Å². The predicted octanol–water partition coefficient (Wildman–Crippen LogP) is 4.80. The third kappa shape index (κ3) is 4.66. The van der Waals surface area contributed by atoms with E-state index in [-0.39, 0.29) is 11.2 Å². The monoisotopic (exact) mass is 430 g/mol. The SMILES string of the molecule is O=C1NC(=Nc2ccc(CCNc3nc4ccccc4s3)cc2)SC1CCCl. The Kier molecular flexibility index (Phi) is 6.14. The summed E-state index contributed by atoms with van der Waals surface area (Å²) in [5.74, 6) is 0.458. The van der Waals surface area contributed by atoms with Crippen molar-refractivity contribution < 1.29 is 4.79 Å². The van der Waals surface area contributed by atoms with Crippen molar-refractivity contribution in [2.75, 3.05) is 17.7 Å². The standard InChI is InChI=1S/C20H19ClN4OS2/c21-11-9-17-18(26)25-20(28-17)23-14-7-5-13(6-8-14)10-12-22-19-24-15-3-1-2-4-16(15)27-19/h1-8,17H,9-12H2,(H,22,24)(H,23,25,26). The van der Waals surface area contributed by atoms with Crippen LogP contribution < -0.4 is 10.6 Å². The van der Waals surface area contributed by atoms with Crippen LogP contribution in [0.4, 0.5) is 10.8 Å². The van der Waals surface area contributed by atoms with Crippen LogP contribution in [0, 0.1) is 0 Å². The number of rotatable bonds is 7. The zero-order chi connectivity index (χ0) is 19.3. The molecule has 1 unspecified atom stereocenters. The van der Waals surface area contributed by atoms with Crippen LogP contribution in [0.25, 0.3) is 10.2 Å². The lowest BCUT2D eigenvalue weighted by molar-refractivity contribution is -0.118. The molecule has 8 heteroatoms. The molecule has 2 aromatic carbocycles. The Hall–Kier alpha value is -2.09. The summed E-state index contributed by atoms with van der Waals surface area (Å²) in [7, 11) is 0. The maximum atomic E-state index is 11.8. The Bertz CT molecular complexity index is 970. The van der Waals surface area contributed by atoms with Gasteiger partial charge in [-0.2, -0.15) is 0 Å². The van der Waals surface area contributed by atoms with Crippen molar-refractivity contribution in [3.05, 3.63) is 54.1 Å². The predicted molar refractivity (Wildman–Crippen MR) is 120 cm³/mol. The highest BCUT2D eigenvalue weighted by Gasteiger charge is 2.29. The summed E-state index contributed by atoms with van der Waals surface area (Å²) in [4.78, 5) is 20.9. The molecule has 4 rings (SSSR count). The maximum absolute atomic E-state index is 11.8. The zero-order valence-electron chi connectivity index (χ0n) is 15.0. The van der Waals surface area contributed by atoms with Crippen molar-refractivity contribution in [3.63, 3.8) is 0 Å². The number of hydrogen-bond acceptors (Lipinski definition) is 6. The highest BCUT2D eigenvalue weighted by atomic mass is 35.5. The van der Waals surface area contributed by atoms with Gasteiger partial charge in [-0.1, -0.05) is 47.4 Å². The third-order valence-electron chi connectivity index (χ3n) is 4.30. The number of nitrogens with one attached hydrogen (secondary N) is 2. The van der Waals surface area contributed by atoms with Crippen molar-refractivity contribution in [2.45, 2.75) is 18.1 Å². The molecule has 28 heavy (non-hydrogen) atoms. The molecule has 0 spiro atoms. The number of aromatic nitrogens is 1. The largest absolute Gasteiger partial charge is 0.361 e. The number of aliphatic imine (C=N–C) groups is 1. The second-order valence-electron chi connectivity index (χ2n) is 6.32. The Morgan fingerprint density at radius 2 is 2.00 bits per heavy atom. The molecule has 144 valence electrons. The minimum Gasteiger partial charge on any atom is -0.361 e. The second-order valence-corrected chi connectivity index (χ2v) is 8.92. The average Bonchev–Trinajstić information content (AvgIpc) is 3.26. The van der Waals surface area contributed by atoms with Crippen LogP contribution in [0.5, 0.6) is 0 Å². The molecule has 2 N–H and O–H groups in total. The average molecular weight is 431 g/mol. The fraction of sp³-hybridized carbons (Fsp3) is 0.250. The number of carbonyl (C=O) groups excluding carboxylic acids is 1. The number of para-hydroxylation sites is 1. The number of carbonyl (C=O) groups is 1. The fourth-order valence-corrected chi connectivity index (χ4v) is 5.09. The number of amidine groups is 1. The number of thioether (sulfide) groups is 1. The van der Waals surface area contributed by atoms with Gasteiger partial charge in [0.15, 0.2) is 10.3 Å². The van der Waals surface area contributed by atoms with Gasteiger partial charge in [0.2, 0.25) is 5.91 Å². The van der Waals surface area contributed by atoms with Crippen LogP contribution in [0.1, 0.15) is 12.0 Å². The number of amides is 1. The van der Waals surface area contributed by atoms with Gasteiger partial charge in [-0.05, 0) is 42.7 Å². The first-order chi connectivity index (χ1) is 13.7. The van der Waals surface area contributed by atoms with Crippen LogP contribution in [0.2, 0.25) is 0 Å². The highest BCUT2D eigenvalue weighted by molar-refractivity contribution is 8.15. The molecule has 1 fully saturated rings. The lowest BCUT2D eigenvalue weighted by Crippen LogP contribution is -2.24. The quantitative estimate of drug-likeness (QED) is 0.528. The number of thiazole rings is 1. The highest BCUT2D eigenvalue weighted by Crippen LogP contribution is 2.26. The molecule has 1 aliphatic heterocycles. The van der Waals surface area contributed by atoms with Crippen LogP contribution in [0.3, 0.4) is 0 Å². The molecule has 1 atom stereocenters. The first-order valence-corrected chi connectivity index (χ1v) is 11.2. The number of halogens is 1. The van der Waals surface area contributed by atoms with Gasteiger partial charge in [0.1, 0.15) is 0 Å². The molecule has 2 heterocycles. The number of nitrogens with zero attached hydrogens (tertiary/aromatic N) is 2. The van der Waals surface area contributed by atoms with Gasteiger partial charge in [0.05, 0.1) is 21.2 Å². The number of hydrogen-bond donors (Lipinski definition) is 2. The summed E-state index contributed by atoms with van der Waals surface area (Å²) < 4.78 is 1.19. The second kappa shape index (κ2) is 8.94. The van der Waals surface area contributed by atoms with E-state index in [1.165, 1.54) is 22.0 Å². The molecule has 1 saturated heterocycles. The minimum atomic E-state index is -0.135. The maximum Gasteiger partial charge on any atom is 0.239 e. The van der Waals surface area contributed by atoms with Gasteiger partial charge in [0, 0.05) is 12.4 Å². The Labute approximate surface area is 176 Å². The zero-order valence-corrected chi connectivity index (χ0v) is 17.4. The summed E-state index contributed by atoms with van der Waals surface area (Å²) in [6.45, 7) is 0.819. The van der Waals surface area contributed by atoms with E-state index in [0.717, 1.165) is 29.3 Å². The van der Waals surface area contributed by atoms with E-state index in [2.05, 4.69) is 38.8 Å². The van der Waals surface area contributed by atoms with E-state index in [1.807, 2.05) is 30.3 Å². The molecule has 3 aromatic rings. The lowest BCUT2D eigenvalue weighted by Gasteiger charge is -2.04. The molecule has 1 aliphatic rings. The summed E-state index contributed by atoms with van der Waals surface area (Å²) in [5.41, 5.74) is 3.08. The summed E-state index contributed by atoms with van der Waals surface area (Å²) in [6, 6.07) is 16.2. The first-order valence-electron chi connectivity index (χ1n) is 9.02. The smallest absolute Gasteiger partial charge is 0.239 e. The Morgan fingerprint density at radius 1 is 1.18 bits per heavy atom. The molecule has 0 saturated carbocycles. The summed E-state index contributed by atoms with van der Waals surface area (Å²) in [6.07, 6.45) is 1.55. The van der Waals surface area contributed by atoms with E-state index in [1.54, 1.807) is 11.3 Å². The molecule has 0 radical (unpaired) electrons. The van der Waals surface area contributed by atoms with E-state index in [0.29, 0.717) is 17.5 Å². The fourth-order valence-electron chi connectivity index (χ4n) is 2.86. The number of benzene rings is 2. The van der Waals surface area contributed by atoms with E-state index < -0.39 is 0 Å². The summed E-state index contributed by atoms with van der Waals surface area (Å²) >= 11 is 8.85. The van der Waals surface area contributed by atoms with Crippen LogP contribution in [-0.4, -0.2) is 33.7 Å². The van der Waals surface area contributed by atoms with E-state index in [9.17, 15) is 4.79 Å². The summed E-state index contributed by atoms with van der Waals surface area (Å²) in [5, 5.41) is 7.67. The van der Waals surface area contributed by atoms with Crippen molar-refractivity contribution in [2.24, 2.45) is 4.99 Å². The van der Waals surface area contributed by atoms with E-state index >= 15 is 0 Å². The van der Waals surface area contributed by atoms with Crippen LogP contribution in [-0.2, 0) is 11.2 Å². The molecular formula is C20H19ClN4OS2. The minimum absolute atomic E-state index is 0.0121. The van der Waals surface area contributed by atoms with Crippen LogP contribution in [0.15, 0.2) is 53.5 Å². The normalized spacial score (nSPS) is 18.0. The van der Waals surface area contributed by atoms with Crippen molar-refractivity contribution in [1.29, 1.82) is 0 Å². The molecule has 0 aliphatic carbocycles. The number of fused-ring (bicyclic) bond motifs is 1. The Morgan fingerprint density at radius 3 is 2.79 bits per heavy atom. The number of anilines is 1. The Balaban J connectivity index is 1.31. The molecule has 0 bridgehead atoms. The molecule has 1 aromatic heterocycles. The van der Waals surface area contributed by atoms with Gasteiger partial charge < -0.3 is 10.6 Å². The van der Waals surface area contributed by atoms with Crippen molar-refractivity contribution >= 4 is 66.8 Å².